The van der Waals surface area contributed by atoms with Crippen molar-refractivity contribution in [1.29, 1.82) is 0 Å². The van der Waals surface area contributed by atoms with Gasteiger partial charge in [-0.25, -0.2) is 0 Å². The largest absolute Gasteiger partial charge is 0.282 e. The van der Waals surface area contributed by atoms with Gasteiger partial charge in [-0.1, -0.05) is 50.3 Å². The highest BCUT2D eigenvalue weighted by Crippen LogP contribution is 2.59. The van der Waals surface area contributed by atoms with Crippen LogP contribution in [0.1, 0.15) is 52.1 Å². The Balaban J connectivity index is 1.81. The highest BCUT2D eigenvalue weighted by Gasteiger charge is 2.51. The summed E-state index contributed by atoms with van der Waals surface area (Å²) in [6.07, 6.45) is 5.05. The van der Waals surface area contributed by atoms with Gasteiger partial charge in [0.05, 0.1) is 6.04 Å². The molecule has 1 aromatic carbocycles. The average molecular weight is 267 g/mol. The van der Waals surface area contributed by atoms with Crippen LogP contribution in [0.15, 0.2) is 47.0 Å². The van der Waals surface area contributed by atoms with Crippen molar-refractivity contribution in [1.82, 2.24) is 0 Å². The first kappa shape index (κ1) is 13.6. The molecule has 1 saturated carbocycles. The van der Waals surface area contributed by atoms with Crippen molar-refractivity contribution in [3.05, 3.63) is 47.5 Å². The lowest BCUT2D eigenvalue weighted by molar-refractivity contribution is -0.00171. The maximum atomic E-state index is 4.96. The lowest BCUT2D eigenvalue weighted by atomic mass is 9.48. The van der Waals surface area contributed by atoms with Crippen LogP contribution in [0.4, 0.5) is 0 Å². The number of allylic oxidation sites excluding steroid dienone is 2. The second-order valence-corrected chi connectivity index (χ2v) is 7.00. The van der Waals surface area contributed by atoms with Crippen molar-refractivity contribution in [3.63, 3.8) is 0 Å². The third kappa shape index (κ3) is 2.13. The number of hydrogen-bond donors (Lipinski definition) is 0. The summed E-state index contributed by atoms with van der Waals surface area (Å²) in [5, 5.41) is 0. The van der Waals surface area contributed by atoms with Gasteiger partial charge >= 0.3 is 0 Å². The zero-order valence-electron chi connectivity index (χ0n) is 13.1. The lowest BCUT2D eigenvalue weighted by Crippen LogP contribution is -2.49. The van der Waals surface area contributed by atoms with Crippen molar-refractivity contribution in [2.75, 3.05) is 0 Å². The molecule has 1 aromatic rings. The van der Waals surface area contributed by atoms with Gasteiger partial charge in [-0.15, -0.1) is 0 Å². The molecule has 20 heavy (non-hydrogen) atoms. The first-order chi connectivity index (χ1) is 9.50. The summed E-state index contributed by atoms with van der Waals surface area (Å²) in [5.41, 5.74) is 4.54. The molecule has 0 aromatic heterocycles. The fraction of sp³-hybridized carbons (Fsp3) is 0.526. The molecule has 4 rings (SSSR count). The Morgan fingerprint density at radius 3 is 2.55 bits per heavy atom. The summed E-state index contributed by atoms with van der Waals surface area (Å²) in [5.74, 6) is 1.63. The van der Waals surface area contributed by atoms with Crippen molar-refractivity contribution in [3.8, 4) is 0 Å². The molecular weight excluding hydrogens is 242 g/mol. The molecule has 106 valence electrons. The van der Waals surface area contributed by atoms with E-state index in [1.807, 2.05) is 0 Å². The molecule has 1 heteroatoms. The summed E-state index contributed by atoms with van der Waals surface area (Å²) >= 11 is 0. The minimum atomic E-state index is 0.248. The van der Waals surface area contributed by atoms with Crippen molar-refractivity contribution in [2.45, 2.75) is 46.6 Å². The zero-order chi connectivity index (χ0) is 14.3. The molecule has 3 unspecified atom stereocenters. The van der Waals surface area contributed by atoms with Gasteiger partial charge in [-0.2, -0.15) is 0 Å². The first-order valence-electron chi connectivity index (χ1n) is 7.80. The number of nitrogens with zero attached hydrogens (tertiary/aromatic N) is 1. The molecule has 1 nitrogen and oxygen atoms in total. The van der Waals surface area contributed by atoms with Crippen LogP contribution in [-0.4, -0.2) is 5.71 Å². The Morgan fingerprint density at radius 1 is 1.25 bits per heavy atom. The Hall–Kier alpha value is -1.37. The molecule has 0 N–H and O–H groups in total. The van der Waals surface area contributed by atoms with Crippen LogP contribution < -0.4 is 0 Å². The van der Waals surface area contributed by atoms with Gasteiger partial charge in [0.1, 0.15) is 0 Å². The van der Waals surface area contributed by atoms with E-state index in [4.69, 9.17) is 4.99 Å². The number of hydrogen-bond acceptors (Lipinski definition) is 1. The van der Waals surface area contributed by atoms with E-state index < -0.39 is 0 Å². The molecule has 0 radical (unpaired) electrons. The van der Waals surface area contributed by atoms with Crippen molar-refractivity contribution in [2.24, 2.45) is 22.2 Å². The Labute approximate surface area is 122 Å². The molecule has 0 saturated heterocycles. The van der Waals surface area contributed by atoms with E-state index in [1.165, 1.54) is 29.7 Å². The number of fused-ring (bicyclic) bond motifs is 1. The van der Waals surface area contributed by atoms with Gasteiger partial charge < -0.3 is 0 Å². The van der Waals surface area contributed by atoms with Crippen LogP contribution in [0.25, 0.3) is 0 Å². The zero-order valence-corrected chi connectivity index (χ0v) is 13.1. The molecule has 3 atom stereocenters. The normalized spacial score (nSPS) is 29.4. The average Bonchev–Trinajstić information content (AvgIpc) is 2.47. The van der Waals surface area contributed by atoms with Gasteiger partial charge in [0, 0.05) is 5.71 Å². The van der Waals surface area contributed by atoms with E-state index in [0.29, 0.717) is 5.41 Å². The molecule has 0 amide bonds. The minimum absolute atomic E-state index is 0.248. The molecule has 0 heterocycles. The summed E-state index contributed by atoms with van der Waals surface area (Å²) in [7, 11) is 0. The molecular formula is C19H25N. The second kappa shape index (κ2) is 4.87. The molecule has 0 spiro atoms. The van der Waals surface area contributed by atoms with Gasteiger partial charge in [0.2, 0.25) is 0 Å². The van der Waals surface area contributed by atoms with Crippen molar-refractivity contribution >= 4 is 5.71 Å². The summed E-state index contributed by atoms with van der Waals surface area (Å²) in [4.78, 5) is 4.96. The number of benzene rings is 1. The van der Waals surface area contributed by atoms with Gasteiger partial charge in [-0.05, 0) is 55.1 Å². The third-order valence-corrected chi connectivity index (χ3v) is 5.56. The number of rotatable bonds is 3. The van der Waals surface area contributed by atoms with E-state index in [2.05, 4.69) is 64.1 Å². The number of aliphatic imine (C=N–C) groups is 1. The monoisotopic (exact) mass is 267 g/mol. The highest BCUT2D eigenvalue weighted by molar-refractivity contribution is 5.99. The van der Waals surface area contributed by atoms with Crippen LogP contribution in [0.3, 0.4) is 0 Å². The van der Waals surface area contributed by atoms with Gasteiger partial charge in [-0.3, -0.25) is 4.99 Å². The smallest absolute Gasteiger partial charge is 0.0724 e. The highest BCUT2D eigenvalue weighted by atomic mass is 14.8. The Morgan fingerprint density at radius 2 is 1.95 bits per heavy atom. The summed E-state index contributed by atoms with van der Waals surface area (Å²) in [6.45, 7) is 9.23. The van der Waals surface area contributed by atoms with E-state index in [9.17, 15) is 0 Å². The SMILES string of the molecule is CC(=NC(C)c1ccccc1)C1=CCC2CC1C2(C)C. The van der Waals surface area contributed by atoms with Crippen LogP contribution in [0.5, 0.6) is 0 Å². The Bertz CT molecular complexity index is 550. The molecule has 0 aliphatic heterocycles. The second-order valence-electron chi connectivity index (χ2n) is 7.00. The molecule has 2 bridgehead atoms. The molecule has 3 aliphatic rings. The van der Waals surface area contributed by atoms with Crippen molar-refractivity contribution < 1.29 is 0 Å². The van der Waals surface area contributed by atoms with E-state index in [1.54, 1.807) is 0 Å². The first-order valence-corrected chi connectivity index (χ1v) is 7.80. The standard InChI is InChI=1S/C19H25N/c1-13(15-8-6-5-7-9-15)20-14(2)17-11-10-16-12-18(17)19(16,3)4/h5-9,11,13,16,18H,10,12H2,1-4H3. The fourth-order valence-electron chi connectivity index (χ4n) is 3.93. The third-order valence-electron chi connectivity index (χ3n) is 5.56. The fourth-order valence-corrected chi connectivity index (χ4v) is 3.93. The topological polar surface area (TPSA) is 12.4 Å². The van der Waals surface area contributed by atoms with E-state index in [0.717, 1.165) is 11.8 Å². The minimum Gasteiger partial charge on any atom is -0.282 e. The van der Waals surface area contributed by atoms with Crippen LogP contribution in [0.2, 0.25) is 0 Å². The quantitative estimate of drug-likeness (QED) is 0.667. The predicted octanol–water partition coefficient (Wildman–Crippen LogP) is 5.20. The maximum Gasteiger partial charge on any atom is 0.0724 e. The summed E-state index contributed by atoms with van der Waals surface area (Å²) in [6, 6.07) is 10.8. The van der Waals surface area contributed by atoms with Gasteiger partial charge in [0.25, 0.3) is 0 Å². The van der Waals surface area contributed by atoms with Crippen LogP contribution >= 0.6 is 0 Å². The van der Waals surface area contributed by atoms with E-state index >= 15 is 0 Å². The molecule has 3 aliphatic carbocycles. The lowest BCUT2D eigenvalue weighted by Gasteiger charge is -2.56. The maximum absolute atomic E-state index is 4.96. The Kier molecular flexibility index (Phi) is 3.32. The van der Waals surface area contributed by atoms with Crippen LogP contribution in [0, 0.1) is 17.3 Å². The van der Waals surface area contributed by atoms with E-state index in [-0.39, 0.29) is 6.04 Å². The summed E-state index contributed by atoms with van der Waals surface area (Å²) < 4.78 is 0. The predicted molar refractivity (Wildman–Crippen MR) is 86.0 cm³/mol. The van der Waals surface area contributed by atoms with Gasteiger partial charge in [0.15, 0.2) is 0 Å². The van der Waals surface area contributed by atoms with Crippen LogP contribution in [-0.2, 0) is 0 Å². The molecule has 1 fully saturated rings.